The molecule has 4 rings (SSSR count). The molecule has 0 atom stereocenters. The Hall–Kier alpha value is -3.41. The van der Waals surface area contributed by atoms with E-state index in [1.807, 2.05) is 36.4 Å². The van der Waals surface area contributed by atoms with Crippen molar-refractivity contribution in [1.29, 1.82) is 0 Å². The standard InChI is InChI=1S/C17H12N4O2/c18-13-6-5-12(9-16(13)21(22)23)17-19-14-7-10-3-1-2-4-11(10)8-15(14)20-17/h1-9H,18H2,(H,19,20). The normalized spacial score (nSPS) is 11.1. The Morgan fingerprint density at radius 2 is 1.78 bits per heavy atom. The van der Waals surface area contributed by atoms with Crippen LogP contribution in [0.25, 0.3) is 33.2 Å². The maximum atomic E-state index is 11.0. The number of rotatable bonds is 2. The number of aromatic amines is 1. The summed E-state index contributed by atoms with van der Waals surface area (Å²) in [5.74, 6) is 0.582. The molecule has 3 aromatic carbocycles. The van der Waals surface area contributed by atoms with Crippen LogP contribution in [0.15, 0.2) is 54.6 Å². The van der Waals surface area contributed by atoms with Crippen molar-refractivity contribution < 1.29 is 4.92 Å². The number of nitrogens with two attached hydrogens (primary N) is 1. The molecule has 0 aliphatic carbocycles. The Bertz CT molecular complexity index is 1020. The molecule has 23 heavy (non-hydrogen) atoms. The number of nitrogens with zero attached hydrogens (tertiary/aromatic N) is 2. The number of nitro benzene ring substituents is 1. The van der Waals surface area contributed by atoms with Crippen molar-refractivity contribution in [2.75, 3.05) is 5.73 Å². The van der Waals surface area contributed by atoms with E-state index >= 15 is 0 Å². The van der Waals surface area contributed by atoms with Gasteiger partial charge in [0.1, 0.15) is 11.5 Å². The minimum Gasteiger partial charge on any atom is -0.393 e. The number of hydrogen-bond donors (Lipinski definition) is 2. The van der Waals surface area contributed by atoms with Crippen molar-refractivity contribution >= 4 is 33.2 Å². The van der Waals surface area contributed by atoms with Crippen LogP contribution >= 0.6 is 0 Å². The third-order valence-electron chi connectivity index (χ3n) is 3.85. The largest absolute Gasteiger partial charge is 0.393 e. The number of aromatic nitrogens is 2. The molecule has 0 amide bonds. The van der Waals surface area contributed by atoms with Gasteiger partial charge in [0.2, 0.25) is 0 Å². The van der Waals surface area contributed by atoms with Crippen molar-refractivity contribution in [3.63, 3.8) is 0 Å². The maximum absolute atomic E-state index is 11.0. The molecule has 0 unspecified atom stereocenters. The van der Waals surface area contributed by atoms with Gasteiger partial charge in [0.05, 0.1) is 16.0 Å². The minimum atomic E-state index is -0.490. The van der Waals surface area contributed by atoms with E-state index in [0.717, 1.165) is 21.8 Å². The quantitative estimate of drug-likeness (QED) is 0.333. The van der Waals surface area contributed by atoms with Crippen LogP contribution in [-0.4, -0.2) is 14.9 Å². The van der Waals surface area contributed by atoms with Crippen LogP contribution in [0.2, 0.25) is 0 Å². The summed E-state index contributed by atoms with van der Waals surface area (Å²) in [5.41, 5.74) is 8.00. The van der Waals surface area contributed by atoms with Gasteiger partial charge in [0.15, 0.2) is 0 Å². The van der Waals surface area contributed by atoms with E-state index in [4.69, 9.17) is 5.73 Å². The topological polar surface area (TPSA) is 97.8 Å². The molecule has 3 N–H and O–H groups in total. The highest BCUT2D eigenvalue weighted by Gasteiger charge is 2.14. The number of benzene rings is 3. The Kier molecular flexibility index (Phi) is 2.77. The second kappa shape index (κ2) is 4.81. The third kappa shape index (κ3) is 2.17. The average Bonchev–Trinajstić information content (AvgIpc) is 2.95. The molecule has 0 radical (unpaired) electrons. The fourth-order valence-electron chi connectivity index (χ4n) is 2.68. The molecule has 0 bridgehead atoms. The summed E-state index contributed by atoms with van der Waals surface area (Å²) in [5, 5.41) is 13.2. The number of anilines is 1. The van der Waals surface area contributed by atoms with Crippen molar-refractivity contribution in [2.24, 2.45) is 0 Å². The number of hydrogen-bond acceptors (Lipinski definition) is 4. The van der Waals surface area contributed by atoms with Gasteiger partial charge in [-0.25, -0.2) is 4.98 Å². The van der Waals surface area contributed by atoms with Gasteiger partial charge in [-0.1, -0.05) is 24.3 Å². The summed E-state index contributed by atoms with van der Waals surface area (Å²) >= 11 is 0. The van der Waals surface area contributed by atoms with Gasteiger partial charge in [-0.15, -0.1) is 0 Å². The first kappa shape index (κ1) is 13.3. The first-order valence-electron chi connectivity index (χ1n) is 7.04. The molecule has 4 aromatic rings. The lowest BCUT2D eigenvalue weighted by atomic mass is 10.1. The molecule has 0 saturated carbocycles. The van der Waals surface area contributed by atoms with E-state index in [1.165, 1.54) is 12.1 Å². The van der Waals surface area contributed by atoms with Crippen LogP contribution in [0, 0.1) is 10.1 Å². The predicted molar refractivity (Wildman–Crippen MR) is 90.1 cm³/mol. The first-order valence-corrected chi connectivity index (χ1v) is 7.04. The van der Waals surface area contributed by atoms with Crippen LogP contribution in [0.3, 0.4) is 0 Å². The molecule has 0 saturated heterocycles. The highest BCUT2D eigenvalue weighted by Crippen LogP contribution is 2.29. The fourth-order valence-corrected chi connectivity index (χ4v) is 2.68. The lowest BCUT2D eigenvalue weighted by molar-refractivity contribution is -0.383. The van der Waals surface area contributed by atoms with Gasteiger partial charge in [-0.2, -0.15) is 0 Å². The van der Waals surface area contributed by atoms with Gasteiger partial charge in [-0.3, -0.25) is 10.1 Å². The zero-order chi connectivity index (χ0) is 16.0. The van der Waals surface area contributed by atoms with Crippen LogP contribution in [-0.2, 0) is 0 Å². The van der Waals surface area contributed by atoms with E-state index in [-0.39, 0.29) is 11.4 Å². The molecule has 6 heteroatoms. The molecule has 0 aliphatic heterocycles. The highest BCUT2D eigenvalue weighted by atomic mass is 16.6. The van der Waals surface area contributed by atoms with Crippen molar-refractivity contribution in [3.8, 4) is 11.4 Å². The Morgan fingerprint density at radius 3 is 2.52 bits per heavy atom. The fraction of sp³-hybridized carbons (Fsp3) is 0. The molecular weight excluding hydrogens is 292 g/mol. The average molecular weight is 304 g/mol. The third-order valence-corrected chi connectivity index (χ3v) is 3.85. The predicted octanol–water partition coefficient (Wildman–Crippen LogP) is 3.87. The zero-order valence-electron chi connectivity index (χ0n) is 12.0. The highest BCUT2D eigenvalue weighted by molar-refractivity contribution is 5.96. The molecule has 112 valence electrons. The van der Waals surface area contributed by atoms with Crippen LogP contribution < -0.4 is 5.73 Å². The molecule has 0 fully saturated rings. The van der Waals surface area contributed by atoms with Crippen LogP contribution in [0.4, 0.5) is 11.4 Å². The summed E-state index contributed by atoms with van der Waals surface area (Å²) in [7, 11) is 0. The molecule has 0 aliphatic rings. The zero-order valence-corrected chi connectivity index (χ0v) is 12.0. The van der Waals surface area contributed by atoms with Gasteiger partial charge in [0.25, 0.3) is 5.69 Å². The SMILES string of the molecule is Nc1ccc(-c2nc3cc4ccccc4cc3[nH]2)cc1[N+](=O)[O-]. The Morgan fingerprint density at radius 1 is 1.04 bits per heavy atom. The number of H-pyrrole nitrogens is 1. The van der Waals surface area contributed by atoms with Gasteiger partial charge < -0.3 is 10.7 Å². The Balaban J connectivity index is 1.90. The summed E-state index contributed by atoms with van der Waals surface area (Å²) in [4.78, 5) is 18.3. The second-order valence-electron chi connectivity index (χ2n) is 5.33. The van der Waals surface area contributed by atoms with E-state index < -0.39 is 4.92 Å². The summed E-state index contributed by atoms with van der Waals surface area (Å²) < 4.78 is 0. The van der Waals surface area contributed by atoms with Crippen molar-refractivity contribution in [3.05, 3.63) is 64.7 Å². The van der Waals surface area contributed by atoms with E-state index in [0.29, 0.717) is 11.4 Å². The van der Waals surface area contributed by atoms with Gasteiger partial charge in [0, 0.05) is 11.6 Å². The summed E-state index contributed by atoms with van der Waals surface area (Å²) in [6.45, 7) is 0. The monoisotopic (exact) mass is 304 g/mol. The van der Waals surface area contributed by atoms with Crippen molar-refractivity contribution in [1.82, 2.24) is 9.97 Å². The van der Waals surface area contributed by atoms with Gasteiger partial charge in [-0.05, 0) is 35.0 Å². The molecule has 0 spiro atoms. The number of nitrogen functional groups attached to an aromatic ring is 1. The molecule has 1 aromatic heterocycles. The first-order chi connectivity index (χ1) is 11.1. The van der Waals surface area contributed by atoms with E-state index in [1.54, 1.807) is 6.07 Å². The summed E-state index contributed by atoms with van der Waals surface area (Å²) in [6, 6.07) is 16.7. The van der Waals surface area contributed by atoms with Crippen molar-refractivity contribution in [2.45, 2.75) is 0 Å². The molecule has 1 heterocycles. The van der Waals surface area contributed by atoms with Crippen LogP contribution in [0.5, 0.6) is 0 Å². The number of nitro groups is 1. The van der Waals surface area contributed by atoms with E-state index in [2.05, 4.69) is 9.97 Å². The minimum absolute atomic E-state index is 0.117. The molecular formula is C17H12N4O2. The second-order valence-corrected chi connectivity index (χ2v) is 5.33. The number of imidazole rings is 1. The smallest absolute Gasteiger partial charge is 0.292 e. The van der Waals surface area contributed by atoms with Gasteiger partial charge >= 0.3 is 0 Å². The number of nitrogens with one attached hydrogen (secondary N) is 1. The van der Waals surface area contributed by atoms with E-state index in [9.17, 15) is 10.1 Å². The summed E-state index contributed by atoms with van der Waals surface area (Å²) in [6.07, 6.45) is 0. The lowest BCUT2D eigenvalue weighted by Gasteiger charge is -1.99. The molecule has 6 nitrogen and oxygen atoms in total. The lowest BCUT2D eigenvalue weighted by Crippen LogP contribution is -1.96. The van der Waals surface area contributed by atoms with Crippen LogP contribution in [0.1, 0.15) is 0 Å². The number of fused-ring (bicyclic) bond motifs is 2. The Labute approximate surface area is 130 Å². The maximum Gasteiger partial charge on any atom is 0.292 e.